The van der Waals surface area contributed by atoms with Crippen molar-refractivity contribution in [3.8, 4) is 0 Å². The predicted molar refractivity (Wildman–Crippen MR) is 72.6 cm³/mol. The lowest BCUT2D eigenvalue weighted by molar-refractivity contribution is 0.0487. The number of aliphatic hydroxyl groups excluding tert-OH is 1. The van der Waals surface area contributed by atoms with Gasteiger partial charge < -0.3 is 15.2 Å². The Morgan fingerprint density at radius 2 is 2.37 bits per heavy atom. The van der Waals surface area contributed by atoms with E-state index in [4.69, 9.17) is 16.3 Å². The summed E-state index contributed by atoms with van der Waals surface area (Å²) in [5.41, 5.74) is 0.221. The van der Waals surface area contributed by atoms with Crippen LogP contribution in [0.5, 0.6) is 0 Å². The van der Waals surface area contributed by atoms with Gasteiger partial charge in [0.05, 0.1) is 31.1 Å². The molecule has 0 radical (unpaired) electrons. The highest BCUT2D eigenvalue weighted by molar-refractivity contribution is 6.32. The molecule has 0 unspecified atom stereocenters. The van der Waals surface area contributed by atoms with Crippen LogP contribution >= 0.6 is 11.6 Å². The van der Waals surface area contributed by atoms with Gasteiger partial charge in [-0.15, -0.1) is 0 Å². The average Bonchev–Trinajstić information content (AvgIpc) is 2.36. The van der Waals surface area contributed by atoms with Gasteiger partial charge in [0.1, 0.15) is 5.02 Å². The molecule has 0 aliphatic heterocycles. The van der Waals surface area contributed by atoms with Crippen LogP contribution in [0.2, 0.25) is 5.02 Å². The summed E-state index contributed by atoms with van der Waals surface area (Å²) in [5.74, 6) is 0.432. The van der Waals surface area contributed by atoms with Crippen molar-refractivity contribution in [2.75, 3.05) is 25.6 Å². The van der Waals surface area contributed by atoms with Gasteiger partial charge in [0.15, 0.2) is 0 Å². The van der Waals surface area contributed by atoms with E-state index in [0.29, 0.717) is 31.3 Å². The molecule has 1 aromatic rings. The normalized spacial score (nSPS) is 22.1. The van der Waals surface area contributed by atoms with Crippen molar-refractivity contribution in [1.82, 2.24) is 9.78 Å². The van der Waals surface area contributed by atoms with Crippen LogP contribution in [-0.2, 0) is 11.3 Å². The van der Waals surface area contributed by atoms with Gasteiger partial charge in [0.2, 0.25) is 0 Å². The minimum absolute atomic E-state index is 0.144. The number of nitrogens with one attached hydrogen (secondary N) is 1. The van der Waals surface area contributed by atoms with Crippen LogP contribution in [0.3, 0.4) is 0 Å². The zero-order chi connectivity index (χ0) is 13.8. The number of nitrogens with zero attached hydrogens (tertiary/aromatic N) is 2. The summed E-state index contributed by atoms with van der Waals surface area (Å²) in [6, 6.07) is 0. The van der Waals surface area contributed by atoms with Gasteiger partial charge in [0.25, 0.3) is 5.56 Å². The summed E-state index contributed by atoms with van der Waals surface area (Å²) in [4.78, 5) is 11.9. The van der Waals surface area contributed by atoms with E-state index in [1.807, 2.05) is 0 Å². The second-order valence-electron chi connectivity index (χ2n) is 4.77. The molecule has 0 amide bonds. The Morgan fingerprint density at radius 1 is 1.63 bits per heavy atom. The second kappa shape index (κ2) is 6.36. The third kappa shape index (κ3) is 3.46. The molecule has 2 N–H and O–H groups in total. The summed E-state index contributed by atoms with van der Waals surface area (Å²) in [6.45, 7) is 1.49. The molecule has 1 aliphatic carbocycles. The van der Waals surface area contributed by atoms with Crippen molar-refractivity contribution in [1.29, 1.82) is 0 Å². The van der Waals surface area contributed by atoms with E-state index in [9.17, 15) is 9.90 Å². The van der Waals surface area contributed by atoms with Crippen molar-refractivity contribution >= 4 is 17.3 Å². The maximum atomic E-state index is 11.9. The topological polar surface area (TPSA) is 76.4 Å². The molecule has 0 aromatic carbocycles. The number of aliphatic hydroxyl groups is 1. The molecule has 2 rings (SSSR count). The number of halogens is 1. The van der Waals surface area contributed by atoms with Crippen LogP contribution in [-0.4, -0.2) is 41.3 Å². The first-order valence-electron chi connectivity index (χ1n) is 6.28. The van der Waals surface area contributed by atoms with Crippen LogP contribution in [0, 0.1) is 5.92 Å². The van der Waals surface area contributed by atoms with Crippen LogP contribution in [0.15, 0.2) is 11.0 Å². The number of rotatable bonds is 6. The van der Waals surface area contributed by atoms with Gasteiger partial charge >= 0.3 is 0 Å². The van der Waals surface area contributed by atoms with E-state index in [2.05, 4.69) is 10.4 Å². The quantitative estimate of drug-likeness (QED) is 0.806. The maximum absolute atomic E-state index is 11.9. The molecular formula is C12H18ClN3O3. The fourth-order valence-corrected chi connectivity index (χ4v) is 2.26. The minimum atomic E-state index is -0.322. The first-order chi connectivity index (χ1) is 9.11. The predicted octanol–water partition coefficient (Wildman–Crippen LogP) is 0.726. The van der Waals surface area contributed by atoms with E-state index < -0.39 is 0 Å². The van der Waals surface area contributed by atoms with Crippen LogP contribution in [0.25, 0.3) is 0 Å². The molecule has 1 aliphatic rings. The maximum Gasteiger partial charge on any atom is 0.287 e. The molecule has 0 saturated heterocycles. The number of methoxy groups -OCH3 is 1. The third-order valence-electron chi connectivity index (χ3n) is 3.28. The molecule has 0 atom stereocenters. The third-order valence-corrected chi connectivity index (χ3v) is 3.65. The first-order valence-corrected chi connectivity index (χ1v) is 6.66. The number of ether oxygens (including phenoxy) is 1. The largest absolute Gasteiger partial charge is 0.393 e. The number of anilines is 1. The fraction of sp³-hybridized carbons (Fsp3) is 0.667. The van der Waals surface area contributed by atoms with Crippen LogP contribution < -0.4 is 10.9 Å². The van der Waals surface area contributed by atoms with Gasteiger partial charge in [0, 0.05) is 13.7 Å². The summed E-state index contributed by atoms with van der Waals surface area (Å²) in [6.07, 6.45) is 2.96. The standard InChI is InChI=1S/C12H18ClN3O3/c1-19-3-2-16-12(18)11(13)10(7-15-16)14-6-8-4-9(17)5-8/h7-9,14,17H,2-6H2,1H3. The first kappa shape index (κ1) is 14.3. The number of hydrogen-bond acceptors (Lipinski definition) is 5. The van der Waals surface area contributed by atoms with Gasteiger partial charge in [-0.3, -0.25) is 4.79 Å². The Hall–Kier alpha value is -1.11. The minimum Gasteiger partial charge on any atom is -0.393 e. The van der Waals surface area contributed by atoms with Crippen LogP contribution in [0.1, 0.15) is 12.8 Å². The van der Waals surface area contributed by atoms with Crippen LogP contribution in [0.4, 0.5) is 5.69 Å². The Kier molecular flexibility index (Phi) is 4.79. The van der Waals surface area contributed by atoms with Gasteiger partial charge in [-0.1, -0.05) is 11.6 Å². The molecule has 6 nitrogen and oxygen atoms in total. The van der Waals surface area contributed by atoms with Crippen molar-refractivity contribution in [3.05, 3.63) is 21.6 Å². The molecule has 1 saturated carbocycles. The molecule has 1 aromatic heterocycles. The number of hydrogen-bond donors (Lipinski definition) is 2. The molecule has 1 fully saturated rings. The van der Waals surface area contributed by atoms with Gasteiger partial charge in [-0.05, 0) is 18.8 Å². The molecule has 7 heteroatoms. The highest BCUT2D eigenvalue weighted by Gasteiger charge is 2.26. The SMILES string of the molecule is COCCn1ncc(NCC2CC(O)C2)c(Cl)c1=O. The van der Waals surface area contributed by atoms with E-state index in [1.54, 1.807) is 13.3 Å². The Morgan fingerprint density at radius 3 is 3.00 bits per heavy atom. The van der Waals surface area contributed by atoms with E-state index in [-0.39, 0.29) is 16.7 Å². The summed E-state index contributed by atoms with van der Waals surface area (Å²) < 4.78 is 6.18. The monoisotopic (exact) mass is 287 g/mol. The summed E-state index contributed by atoms with van der Waals surface area (Å²) in [7, 11) is 1.57. The molecule has 0 spiro atoms. The molecule has 106 valence electrons. The lowest BCUT2D eigenvalue weighted by Gasteiger charge is -2.31. The molecule has 1 heterocycles. The van der Waals surface area contributed by atoms with Gasteiger partial charge in [-0.25, -0.2) is 4.68 Å². The zero-order valence-electron chi connectivity index (χ0n) is 10.8. The lowest BCUT2D eigenvalue weighted by atomic mass is 9.82. The van der Waals surface area contributed by atoms with Crippen molar-refractivity contribution in [2.45, 2.75) is 25.5 Å². The molecular weight excluding hydrogens is 270 g/mol. The van der Waals surface area contributed by atoms with E-state index in [1.165, 1.54) is 4.68 Å². The van der Waals surface area contributed by atoms with E-state index in [0.717, 1.165) is 12.8 Å². The summed E-state index contributed by atoms with van der Waals surface area (Å²) in [5, 5.41) is 16.5. The van der Waals surface area contributed by atoms with Crippen molar-refractivity contribution in [2.24, 2.45) is 5.92 Å². The second-order valence-corrected chi connectivity index (χ2v) is 5.14. The van der Waals surface area contributed by atoms with Crippen molar-refractivity contribution < 1.29 is 9.84 Å². The Balaban J connectivity index is 1.97. The lowest BCUT2D eigenvalue weighted by Crippen LogP contribution is -2.33. The van der Waals surface area contributed by atoms with E-state index >= 15 is 0 Å². The van der Waals surface area contributed by atoms with Gasteiger partial charge in [-0.2, -0.15) is 5.10 Å². The fourth-order valence-electron chi connectivity index (χ4n) is 2.05. The smallest absolute Gasteiger partial charge is 0.287 e. The Bertz CT molecular complexity index is 486. The Labute approximate surface area is 116 Å². The highest BCUT2D eigenvalue weighted by Crippen LogP contribution is 2.27. The number of aromatic nitrogens is 2. The zero-order valence-corrected chi connectivity index (χ0v) is 11.6. The average molecular weight is 288 g/mol. The molecule has 19 heavy (non-hydrogen) atoms. The summed E-state index contributed by atoms with van der Waals surface area (Å²) >= 11 is 6.02. The van der Waals surface area contributed by atoms with Crippen molar-refractivity contribution in [3.63, 3.8) is 0 Å². The molecule has 0 bridgehead atoms. The highest BCUT2D eigenvalue weighted by atomic mass is 35.5.